The van der Waals surface area contributed by atoms with Gasteiger partial charge in [0.15, 0.2) is 0 Å². The van der Waals surface area contributed by atoms with Gasteiger partial charge < -0.3 is 24.3 Å². The summed E-state index contributed by atoms with van der Waals surface area (Å²) in [4.78, 5) is 40.9. The second-order valence-electron chi connectivity index (χ2n) is 11.0. The number of carboxylic acids is 1. The van der Waals surface area contributed by atoms with E-state index in [0.717, 1.165) is 42.5 Å². The second kappa shape index (κ2) is 14.7. The molecule has 3 aromatic rings. The molecule has 0 spiro atoms. The molecule has 2 aromatic carbocycles. The van der Waals surface area contributed by atoms with Crippen molar-refractivity contribution >= 4 is 17.8 Å². The van der Waals surface area contributed by atoms with Crippen molar-refractivity contribution in [2.24, 2.45) is 0 Å². The van der Waals surface area contributed by atoms with Crippen molar-refractivity contribution in [2.75, 3.05) is 6.61 Å². The summed E-state index contributed by atoms with van der Waals surface area (Å²) in [6.45, 7) is 5.74. The number of nitrogens with one attached hydrogen (secondary N) is 1. The minimum atomic E-state index is -0.900. The van der Waals surface area contributed by atoms with Crippen LogP contribution in [-0.2, 0) is 33.6 Å². The number of amides is 1. The molecule has 0 radical (unpaired) electrons. The summed E-state index contributed by atoms with van der Waals surface area (Å²) in [6.07, 6.45) is 6.15. The molecule has 2 N–H and O–H groups in total. The number of benzene rings is 2. The van der Waals surface area contributed by atoms with Crippen LogP contribution in [0.25, 0.3) is 11.5 Å². The quantitative estimate of drug-likeness (QED) is 0.243. The van der Waals surface area contributed by atoms with Crippen molar-refractivity contribution in [3.8, 4) is 17.2 Å². The first-order chi connectivity index (χ1) is 20.2. The minimum Gasteiger partial charge on any atom is -0.493 e. The maximum absolute atomic E-state index is 12.8. The summed E-state index contributed by atoms with van der Waals surface area (Å²) in [6, 6.07) is 12.9. The lowest BCUT2D eigenvalue weighted by Crippen LogP contribution is -2.36. The standard InChI is InChI=1S/C33H40N2O7/c1-21(2)41-31(38)20-26-19-28(14-12-23(26)13-15-30(36)37)40-17-16-29-22(3)42-33(35-29)25-9-7-8-24(18-25)32(39)34-27-10-5-4-6-11-27/h7-9,12,14,18-19,21,27H,4-6,10-11,13,15-17,20H2,1-3H3,(H,34,39)(H,36,37). The molecular formula is C33H40N2O7. The molecule has 1 heterocycles. The van der Waals surface area contributed by atoms with Crippen LogP contribution in [-0.4, -0.2) is 46.7 Å². The fourth-order valence-electron chi connectivity index (χ4n) is 5.16. The predicted molar refractivity (Wildman–Crippen MR) is 158 cm³/mol. The van der Waals surface area contributed by atoms with Gasteiger partial charge in [-0.2, -0.15) is 0 Å². The zero-order valence-corrected chi connectivity index (χ0v) is 24.6. The van der Waals surface area contributed by atoms with Crippen molar-refractivity contribution < 1.29 is 33.4 Å². The Hall–Kier alpha value is -4.14. The Balaban J connectivity index is 1.39. The maximum atomic E-state index is 12.8. The lowest BCUT2D eigenvalue weighted by molar-refractivity contribution is -0.146. The van der Waals surface area contributed by atoms with Crippen molar-refractivity contribution in [3.05, 3.63) is 70.6 Å². The van der Waals surface area contributed by atoms with E-state index in [0.29, 0.717) is 48.0 Å². The SMILES string of the molecule is Cc1oc(-c2cccc(C(=O)NC3CCCCC3)c2)nc1CCOc1ccc(CCC(=O)O)c(CC(=O)OC(C)C)c1. The number of carbonyl (C=O) groups excluding carboxylic acids is 2. The first-order valence-electron chi connectivity index (χ1n) is 14.7. The molecule has 0 unspecified atom stereocenters. The first-order valence-corrected chi connectivity index (χ1v) is 14.7. The smallest absolute Gasteiger partial charge is 0.310 e. The molecule has 1 saturated carbocycles. The summed E-state index contributed by atoms with van der Waals surface area (Å²) in [5.41, 5.74) is 3.53. The molecule has 0 atom stereocenters. The number of hydrogen-bond donors (Lipinski definition) is 2. The molecule has 1 aliphatic rings. The van der Waals surface area contributed by atoms with Crippen LogP contribution in [0.5, 0.6) is 5.75 Å². The minimum absolute atomic E-state index is 0.0334. The lowest BCUT2D eigenvalue weighted by Gasteiger charge is -2.22. The van der Waals surface area contributed by atoms with Crippen molar-refractivity contribution in [2.45, 2.75) is 90.7 Å². The van der Waals surface area contributed by atoms with Crippen LogP contribution in [0.4, 0.5) is 0 Å². The lowest BCUT2D eigenvalue weighted by atomic mass is 9.95. The number of hydrogen-bond acceptors (Lipinski definition) is 7. The number of carboxylic acid groups (broad SMARTS) is 1. The summed E-state index contributed by atoms with van der Waals surface area (Å²) >= 11 is 0. The van der Waals surface area contributed by atoms with E-state index < -0.39 is 5.97 Å². The first kappa shape index (κ1) is 30.8. The summed E-state index contributed by atoms with van der Waals surface area (Å²) < 4.78 is 17.2. The highest BCUT2D eigenvalue weighted by molar-refractivity contribution is 5.95. The molecule has 1 aliphatic carbocycles. The Labute approximate surface area is 246 Å². The molecular weight excluding hydrogens is 536 g/mol. The van der Waals surface area contributed by atoms with E-state index in [1.165, 1.54) is 6.42 Å². The van der Waals surface area contributed by atoms with Gasteiger partial charge in [-0.1, -0.05) is 31.4 Å². The number of rotatable bonds is 13. The monoisotopic (exact) mass is 576 g/mol. The fraction of sp³-hybridized carbons (Fsp3) is 0.455. The highest BCUT2D eigenvalue weighted by Crippen LogP contribution is 2.25. The second-order valence-corrected chi connectivity index (χ2v) is 11.0. The molecule has 224 valence electrons. The molecule has 4 rings (SSSR count). The number of aliphatic carboxylic acids is 1. The van der Waals surface area contributed by atoms with E-state index in [1.807, 2.05) is 19.1 Å². The summed E-state index contributed by atoms with van der Waals surface area (Å²) in [5, 5.41) is 12.2. The van der Waals surface area contributed by atoms with Gasteiger partial charge in [0.25, 0.3) is 5.91 Å². The molecule has 0 saturated heterocycles. The van der Waals surface area contributed by atoms with E-state index in [2.05, 4.69) is 10.3 Å². The molecule has 9 nitrogen and oxygen atoms in total. The number of ether oxygens (including phenoxy) is 2. The summed E-state index contributed by atoms with van der Waals surface area (Å²) in [7, 11) is 0. The van der Waals surface area contributed by atoms with Gasteiger partial charge in [0.2, 0.25) is 5.89 Å². The molecule has 0 aliphatic heterocycles. The highest BCUT2D eigenvalue weighted by atomic mass is 16.5. The number of carbonyl (C=O) groups is 3. The van der Waals surface area contributed by atoms with Gasteiger partial charge >= 0.3 is 11.9 Å². The number of esters is 1. The molecule has 1 aromatic heterocycles. The average Bonchev–Trinajstić information content (AvgIpc) is 3.33. The third kappa shape index (κ3) is 8.93. The van der Waals surface area contributed by atoms with Gasteiger partial charge in [0, 0.05) is 30.0 Å². The normalized spacial score (nSPS) is 13.6. The zero-order valence-electron chi connectivity index (χ0n) is 24.6. The molecule has 9 heteroatoms. The van der Waals surface area contributed by atoms with E-state index in [-0.39, 0.29) is 36.9 Å². The fourth-order valence-corrected chi connectivity index (χ4v) is 5.16. The van der Waals surface area contributed by atoms with Gasteiger partial charge in [-0.3, -0.25) is 14.4 Å². The number of aryl methyl sites for hydroxylation is 2. The molecule has 1 fully saturated rings. The molecule has 0 bridgehead atoms. The van der Waals surface area contributed by atoms with E-state index in [1.54, 1.807) is 44.2 Å². The Morgan fingerprint density at radius 2 is 1.83 bits per heavy atom. The summed E-state index contributed by atoms with van der Waals surface area (Å²) in [5.74, 6) is 0.337. The maximum Gasteiger partial charge on any atom is 0.310 e. The molecule has 1 amide bonds. The van der Waals surface area contributed by atoms with Gasteiger partial charge in [-0.25, -0.2) is 4.98 Å². The third-order valence-electron chi connectivity index (χ3n) is 7.30. The Morgan fingerprint density at radius 3 is 2.57 bits per heavy atom. The number of nitrogens with zero attached hydrogens (tertiary/aromatic N) is 1. The van der Waals surface area contributed by atoms with Crippen LogP contribution in [0.3, 0.4) is 0 Å². The molecule has 42 heavy (non-hydrogen) atoms. The topological polar surface area (TPSA) is 128 Å². The van der Waals surface area contributed by atoms with E-state index in [9.17, 15) is 14.4 Å². The van der Waals surface area contributed by atoms with Crippen LogP contribution in [0.1, 0.15) is 85.3 Å². The van der Waals surface area contributed by atoms with Gasteiger partial charge in [-0.05, 0) is 81.5 Å². The van der Waals surface area contributed by atoms with Crippen LogP contribution >= 0.6 is 0 Å². The van der Waals surface area contributed by atoms with Gasteiger partial charge in [0.1, 0.15) is 11.5 Å². The van der Waals surface area contributed by atoms with Crippen molar-refractivity contribution in [1.82, 2.24) is 10.3 Å². The van der Waals surface area contributed by atoms with E-state index >= 15 is 0 Å². The Morgan fingerprint density at radius 1 is 1.05 bits per heavy atom. The van der Waals surface area contributed by atoms with Gasteiger partial charge in [0.05, 0.1) is 24.8 Å². The Kier molecular flexibility index (Phi) is 10.8. The van der Waals surface area contributed by atoms with Gasteiger partial charge in [-0.15, -0.1) is 0 Å². The van der Waals surface area contributed by atoms with Crippen LogP contribution in [0.15, 0.2) is 46.9 Å². The predicted octanol–water partition coefficient (Wildman–Crippen LogP) is 5.85. The highest BCUT2D eigenvalue weighted by Gasteiger charge is 2.19. The third-order valence-corrected chi connectivity index (χ3v) is 7.30. The number of oxazole rings is 1. The van der Waals surface area contributed by atoms with Crippen molar-refractivity contribution in [3.63, 3.8) is 0 Å². The van der Waals surface area contributed by atoms with Crippen LogP contribution in [0, 0.1) is 6.92 Å². The van der Waals surface area contributed by atoms with Crippen LogP contribution < -0.4 is 10.1 Å². The zero-order chi connectivity index (χ0) is 30.1. The largest absolute Gasteiger partial charge is 0.493 e. The van der Waals surface area contributed by atoms with E-state index in [4.69, 9.17) is 19.0 Å². The van der Waals surface area contributed by atoms with Crippen LogP contribution in [0.2, 0.25) is 0 Å². The Bertz CT molecular complexity index is 1390. The van der Waals surface area contributed by atoms with Crippen molar-refractivity contribution in [1.29, 1.82) is 0 Å². The average molecular weight is 577 g/mol. The number of aromatic nitrogens is 1.